The average Bonchev–Trinajstić information content (AvgIpc) is 2.64. The van der Waals surface area contributed by atoms with E-state index in [4.69, 9.17) is 4.74 Å². The number of hydrogen-bond acceptors (Lipinski definition) is 5. The summed E-state index contributed by atoms with van der Waals surface area (Å²) >= 11 is 1.50. The summed E-state index contributed by atoms with van der Waals surface area (Å²) in [5.74, 6) is -0.344. The SMILES string of the molecule is CCOC(=O)[C@H]1CCCN(C(=O)CN2C(=O)CSc3ccccc32)C1. The zero-order valence-corrected chi connectivity index (χ0v) is 15.1. The zero-order valence-electron chi connectivity index (χ0n) is 14.3. The van der Waals surface area contributed by atoms with Gasteiger partial charge < -0.3 is 14.5 Å². The minimum Gasteiger partial charge on any atom is -0.466 e. The summed E-state index contributed by atoms with van der Waals surface area (Å²) in [6, 6.07) is 7.62. The fourth-order valence-corrected chi connectivity index (χ4v) is 4.15. The number of fused-ring (bicyclic) bond motifs is 1. The number of amides is 2. The summed E-state index contributed by atoms with van der Waals surface area (Å²) in [5.41, 5.74) is 0.788. The molecule has 0 aliphatic carbocycles. The lowest BCUT2D eigenvalue weighted by Gasteiger charge is -2.34. The van der Waals surface area contributed by atoms with Gasteiger partial charge in [-0.15, -0.1) is 11.8 Å². The quantitative estimate of drug-likeness (QED) is 0.766. The molecule has 2 aliphatic heterocycles. The standard InChI is InChI=1S/C18H22N2O4S/c1-2-24-18(23)13-6-5-9-19(10-13)16(21)11-20-14-7-3-4-8-15(14)25-12-17(20)22/h3-4,7-8,13H,2,5-6,9-12H2,1H3/t13-/m0/s1. The fraction of sp³-hybridized carbons (Fsp3) is 0.500. The monoisotopic (exact) mass is 362 g/mol. The Hall–Kier alpha value is -2.02. The van der Waals surface area contributed by atoms with Crippen LogP contribution in [0.25, 0.3) is 0 Å². The normalized spacial score (nSPS) is 20.2. The molecule has 1 fully saturated rings. The van der Waals surface area contributed by atoms with Crippen molar-refractivity contribution in [2.45, 2.75) is 24.7 Å². The van der Waals surface area contributed by atoms with Crippen LogP contribution >= 0.6 is 11.8 Å². The molecule has 0 spiro atoms. The van der Waals surface area contributed by atoms with Gasteiger partial charge in [0.1, 0.15) is 6.54 Å². The van der Waals surface area contributed by atoms with Crippen LogP contribution in [0.4, 0.5) is 5.69 Å². The summed E-state index contributed by atoms with van der Waals surface area (Å²) in [4.78, 5) is 41.2. The van der Waals surface area contributed by atoms with E-state index in [2.05, 4.69) is 0 Å². The molecule has 134 valence electrons. The van der Waals surface area contributed by atoms with Crippen LogP contribution in [-0.4, -0.2) is 54.7 Å². The third-order valence-corrected chi connectivity index (χ3v) is 5.54. The Morgan fingerprint density at radius 2 is 2.12 bits per heavy atom. The van der Waals surface area contributed by atoms with Gasteiger partial charge >= 0.3 is 5.97 Å². The topological polar surface area (TPSA) is 66.9 Å². The van der Waals surface area contributed by atoms with Crippen LogP contribution in [0.3, 0.4) is 0 Å². The second kappa shape index (κ2) is 7.91. The third-order valence-electron chi connectivity index (χ3n) is 4.50. The summed E-state index contributed by atoms with van der Waals surface area (Å²) in [5, 5.41) is 0. The Kier molecular flexibility index (Phi) is 5.63. The molecule has 1 aromatic rings. The van der Waals surface area contributed by atoms with Gasteiger partial charge in [0.15, 0.2) is 0 Å². The molecule has 7 heteroatoms. The minimum atomic E-state index is -0.266. The fourth-order valence-electron chi connectivity index (χ4n) is 3.22. The van der Waals surface area contributed by atoms with Gasteiger partial charge in [-0.1, -0.05) is 12.1 Å². The van der Waals surface area contributed by atoms with Crippen molar-refractivity contribution in [3.63, 3.8) is 0 Å². The van der Waals surface area contributed by atoms with E-state index < -0.39 is 0 Å². The third kappa shape index (κ3) is 3.98. The van der Waals surface area contributed by atoms with Gasteiger partial charge in [-0.05, 0) is 31.9 Å². The predicted molar refractivity (Wildman–Crippen MR) is 95.5 cm³/mol. The molecule has 0 radical (unpaired) electrons. The average molecular weight is 362 g/mol. The highest BCUT2D eigenvalue weighted by Crippen LogP contribution is 2.34. The Bertz CT molecular complexity index is 679. The zero-order chi connectivity index (χ0) is 17.8. The molecule has 0 unspecified atom stereocenters. The molecule has 2 aliphatic rings. The van der Waals surface area contributed by atoms with Gasteiger partial charge in [0.25, 0.3) is 0 Å². The molecular weight excluding hydrogens is 340 g/mol. The van der Waals surface area contributed by atoms with E-state index in [0.717, 1.165) is 23.4 Å². The van der Waals surface area contributed by atoms with Crippen LogP contribution in [0.15, 0.2) is 29.2 Å². The van der Waals surface area contributed by atoms with Crippen molar-refractivity contribution in [3.05, 3.63) is 24.3 Å². The van der Waals surface area contributed by atoms with Gasteiger partial charge in [0, 0.05) is 18.0 Å². The number of likely N-dealkylation sites (tertiary alicyclic amines) is 1. The maximum Gasteiger partial charge on any atom is 0.310 e. The predicted octanol–water partition coefficient (Wildman–Crippen LogP) is 1.93. The molecule has 1 aromatic carbocycles. The van der Waals surface area contributed by atoms with Gasteiger partial charge in [-0.2, -0.15) is 0 Å². The highest BCUT2D eigenvalue weighted by atomic mass is 32.2. The lowest BCUT2D eigenvalue weighted by molar-refractivity contribution is -0.151. The molecule has 0 saturated carbocycles. The van der Waals surface area contributed by atoms with Crippen molar-refractivity contribution in [1.29, 1.82) is 0 Å². The van der Waals surface area contributed by atoms with Gasteiger partial charge in [0.2, 0.25) is 11.8 Å². The molecular formula is C18H22N2O4S. The Balaban J connectivity index is 1.68. The lowest BCUT2D eigenvalue weighted by atomic mass is 9.98. The molecule has 0 bridgehead atoms. The minimum absolute atomic E-state index is 0.0198. The van der Waals surface area contributed by atoms with Gasteiger partial charge in [-0.25, -0.2) is 0 Å². The molecule has 25 heavy (non-hydrogen) atoms. The number of thioether (sulfide) groups is 1. The second-order valence-electron chi connectivity index (χ2n) is 6.17. The Labute approximate surface area is 151 Å². The molecule has 2 heterocycles. The number of rotatable bonds is 4. The number of anilines is 1. The first-order valence-electron chi connectivity index (χ1n) is 8.56. The number of carbonyl (C=O) groups is 3. The van der Waals surface area contributed by atoms with Crippen LogP contribution in [-0.2, 0) is 19.1 Å². The number of nitrogens with zero attached hydrogens (tertiary/aromatic N) is 2. The summed E-state index contributed by atoms with van der Waals surface area (Å²) < 4.78 is 5.08. The number of esters is 1. The summed E-state index contributed by atoms with van der Waals surface area (Å²) in [7, 11) is 0. The van der Waals surface area contributed by atoms with E-state index in [-0.39, 0.29) is 30.2 Å². The van der Waals surface area contributed by atoms with Crippen molar-refractivity contribution in [2.75, 3.05) is 36.9 Å². The molecule has 0 N–H and O–H groups in total. The molecule has 0 aromatic heterocycles. The Morgan fingerprint density at radius 3 is 2.92 bits per heavy atom. The van der Waals surface area contributed by atoms with Crippen LogP contribution in [0.2, 0.25) is 0 Å². The molecule has 1 atom stereocenters. The van der Waals surface area contributed by atoms with Crippen LogP contribution in [0.1, 0.15) is 19.8 Å². The molecule has 1 saturated heterocycles. The lowest BCUT2D eigenvalue weighted by Crippen LogP contribution is -2.49. The van der Waals surface area contributed by atoms with E-state index in [1.165, 1.54) is 11.8 Å². The highest BCUT2D eigenvalue weighted by Gasteiger charge is 2.32. The number of hydrogen-bond donors (Lipinski definition) is 0. The first-order valence-corrected chi connectivity index (χ1v) is 9.55. The van der Waals surface area contributed by atoms with Crippen LogP contribution < -0.4 is 4.90 Å². The van der Waals surface area contributed by atoms with Crippen molar-refractivity contribution >= 4 is 35.2 Å². The van der Waals surface area contributed by atoms with E-state index >= 15 is 0 Å². The van der Waals surface area contributed by atoms with Crippen LogP contribution in [0.5, 0.6) is 0 Å². The van der Waals surface area contributed by atoms with Gasteiger partial charge in [-0.3, -0.25) is 14.4 Å². The highest BCUT2D eigenvalue weighted by molar-refractivity contribution is 8.00. The second-order valence-corrected chi connectivity index (χ2v) is 7.18. The van der Waals surface area contributed by atoms with Crippen molar-refractivity contribution < 1.29 is 19.1 Å². The maximum atomic E-state index is 12.7. The largest absolute Gasteiger partial charge is 0.466 e. The molecule has 2 amide bonds. The number of benzene rings is 1. The van der Waals surface area contributed by atoms with E-state index in [1.54, 1.807) is 16.7 Å². The first kappa shape index (κ1) is 17.8. The Morgan fingerprint density at radius 1 is 1.32 bits per heavy atom. The molecule has 3 rings (SSSR count). The van der Waals surface area contributed by atoms with Crippen molar-refractivity contribution in [1.82, 2.24) is 4.90 Å². The summed E-state index contributed by atoms with van der Waals surface area (Å²) in [6.07, 6.45) is 1.51. The summed E-state index contributed by atoms with van der Waals surface area (Å²) in [6.45, 7) is 3.14. The number of para-hydroxylation sites is 1. The van der Waals surface area contributed by atoms with Crippen LogP contribution in [0, 0.1) is 5.92 Å². The first-order chi connectivity index (χ1) is 12.1. The van der Waals surface area contributed by atoms with Crippen molar-refractivity contribution in [3.8, 4) is 0 Å². The number of ether oxygens (including phenoxy) is 1. The van der Waals surface area contributed by atoms with Crippen molar-refractivity contribution in [2.24, 2.45) is 5.92 Å². The molecule has 6 nitrogen and oxygen atoms in total. The van der Waals surface area contributed by atoms with E-state index in [0.29, 0.717) is 25.4 Å². The maximum absolute atomic E-state index is 12.7. The van der Waals surface area contributed by atoms with E-state index in [1.807, 2.05) is 24.3 Å². The van der Waals surface area contributed by atoms with E-state index in [9.17, 15) is 14.4 Å². The number of piperidine rings is 1. The van der Waals surface area contributed by atoms with Gasteiger partial charge in [0.05, 0.1) is 24.0 Å². The number of carbonyl (C=O) groups excluding carboxylic acids is 3. The smallest absolute Gasteiger partial charge is 0.310 e.